The van der Waals surface area contributed by atoms with E-state index >= 15 is 0 Å². The fraction of sp³-hybridized carbons (Fsp3) is 1.00. The Labute approximate surface area is 196 Å². The molecule has 0 bridgehead atoms. The van der Waals surface area contributed by atoms with Crippen molar-refractivity contribution in [3.8, 4) is 0 Å². The summed E-state index contributed by atoms with van der Waals surface area (Å²) in [4.78, 5) is 0. The smallest absolute Gasteiger partial charge is 0.154 e. The number of hydrogen-bond acceptors (Lipinski definition) is 7. The molecule has 7 heteroatoms. The van der Waals surface area contributed by atoms with Crippen molar-refractivity contribution in [1.29, 1.82) is 0 Å². The molecule has 2 aliphatic rings. The van der Waals surface area contributed by atoms with Crippen molar-refractivity contribution in [3.63, 3.8) is 0 Å². The third-order valence-corrected chi connectivity index (χ3v) is 8.47. The van der Waals surface area contributed by atoms with Gasteiger partial charge in [-0.1, -0.05) is 27.2 Å². The maximum absolute atomic E-state index is 10.7. The molecule has 2 fully saturated rings. The van der Waals surface area contributed by atoms with E-state index in [-0.39, 0.29) is 17.6 Å². The molecular weight excluding hydrogens is 404 g/mol. The largest absolute Gasteiger partial charge is 0.379 e. The Kier molecular flexibility index (Phi) is 11.9. The molecule has 0 aromatic carbocycles. The highest BCUT2D eigenvalue weighted by molar-refractivity contribution is 4.98. The van der Waals surface area contributed by atoms with Crippen LogP contribution < -0.4 is 22.1 Å². The van der Waals surface area contributed by atoms with E-state index in [2.05, 4.69) is 38.3 Å². The van der Waals surface area contributed by atoms with E-state index in [9.17, 15) is 10.2 Å². The number of aliphatic hydroxyl groups is 2. The van der Waals surface area contributed by atoms with Gasteiger partial charge in [-0.15, -0.1) is 0 Å². The Balaban J connectivity index is 1.71. The molecule has 9 unspecified atom stereocenters. The monoisotopic (exact) mass is 456 g/mol. The molecule has 9 atom stereocenters. The summed E-state index contributed by atoms with van der Waals surface area (Å²) in [6, 6.07) is 0.690. The second kappa shape index (κ2) is 13.6. The number of nitrogens with two attached hydrogens (primary N) is 2. The number of nitrogens with one attached hydrogen (secondary N) is 2. The van der Waals surface area contributed by atoms with Crippen LogP contribution in [0.15, 0.2) is 0 Å². The molecule has 1 heterocycles. The van der Waals surface area contributed by atoms with Crippen molar-refractivity contribution in [1.82, 2.24) is 10.6 Å². The molecule has 0 radical (unpaired) electrons. The lowest BCUT2D eigenvalue weighted by Gasteiger charge is -2.45. The summed E-state index contributed by atoms with van der Waals surface area (Å²) in [5.41, 5.74) is 12.0. The van der Waals surface area contributed by atoms with Gasteiger partial charge >= 0.3 is 0 Å². The Bertz CT molecular complexity index is 525. The molecule has 0 amide bonds. The van der Waals surface area contributed by atoms with Gasteiger partial charge in [-0.2, -0.15) is 0 Å². The summed E-state index contributed by atoms with van der Waals surface area (Å²) < 4.78 is 5.61. The van der Waals surface area contributed by atoms with Crippen molar-refractivity contribution in [3.05, 3.63) is 0 Å². The van der Waals surface area contributed by atoms with Gasteiger partial charge < -0.3 is 31.7 Å². The highest BCUT2D eigenvalue weighted by atomic mass is 16.6. The highest BCUT2D eigenvalue weighted by Gasteiger charge is 2.38. The van der Waals surface area contributed by atoms with Gasteiger partial charge in [-0.3, -0.25) is 5.32 Å². The molecule has 190 valence electrons. The molecule has 0 aromatic rings. The maximum Gasteiger partial charge on any atom is 0.154 e. The van der Waals surface area contributed by atoms with E-state index in [0.717, 1.165) is 56.9 Å². The second-order valence-electron chi connectivity index (χ2n) is 10.8. The number of aliphatic hydroxyl groups excluding tert-OH is 2. The predicted molar refractivity (Wildman–Crippen MR) is 131 cm³/mol. The van der Waals surface area contributed by atoms with E-state index < -0.39 is 12.5 Å². The Morgan fingerprint density at radius 1 is 1.12 bits per heavy atom. The van der Waals surface area contributed by atoms with E-state index in [1.54, 1.807) is 0 Å². The lowest BCUT2D eigenvalue weighted by molar-refractivity contribution is -0.113. The molecule has 2 rings (SSSR count). The molecule has 1 saturated carbocycles. The highest BCUT2D eigenvalue weighted by Crippen LogP contribution is 2.32. The topological polar surface area (TPSA) is 126 Å². The van der Waals surface area contributed by atoms with Crippen molar-refractivity contribution < 1.29 is 14.9 Å². The van der Waals surface area contributed by atoms with Crippen molar-refractivity contribution in [2.75, 3.05) is 13.2 Å². The summed E-state index contributed by atoms with van der Waals surface area (Å²) in [6.07, 6.45) is 7.62. The molecule has 1 aliphatic heterocycles. The predicted octanol–water partition coefficient (Wildman–Crippen LogP) is 2.44. The summed E-state index contributed by atoms with van der Waals surface area (Å²) in [5.74, 6) is 1.89. The van der Waals surface area contributed by atoms with Crippen molar-refractivity contribution >= 4 is 0 Å². The van der Waals surface area contributed by atoms with Gasteiger partial charge in [0.1, 0.15) is 6.23 Å². The molecule has 0 spiro atoms. The Morgan fingerprint density at radius 2 is 1.88 bits per heavy atom. The van der Waals surface area contributed by atoms with Crippen LogP contribution in [0.1, 0.15) is 91.9 Å². The van der Waals surface area contributed by atoms with Gasteiger partial charge in [0.25, 0.3) is 0 Å². The normalized spacial score (nSPS) is 33.9. The first kappa shape index (κ1) is 28.0. The standard InChI is InChI=1S/C25H52N4O3/c1-5-17(3)19-11-13-28-22(15-19)25(4,6-2)29-23(30)9-10-24(31)32-14-12-18-7-8-20(26)16-21(18)27/h17-24,28-31H,5-16,26-27H2,1-4H3. The van der Waals surface area contributed by atoms with Gasteiger partial charge in [0.05, 0.1) is 6.61 Å². The zero-order valence-corrected chi connectivity index (χ0v) is 21.1. The fourth-order valence-corrected chi connectivity index (χ4v) is 5.58. The first-order valence-corrected chi connectivity index (χ1v) is 13.2. The van der Waals surface area contributed by atoms with Gasteiger partial charge in [0, 0.05) is 30.1 Å². The molecule has 1 aliphatic carbocycles. The van der Waals surface area contributed by atoms with Crippen LogP contribution in [0.5, 0.6) is 0 Å². The van der Waals surface area contributed by atoms with Crippen LogP contribution in [0.3, 0.4) is 0 Å². The van der Waals surface area contributed by atoms with Crippen LogP contribution in [0.2, 0.25) is 0 Å². The first-order chi connectivity index (χ1) is 15.2. The maximum atomic E-state index is 10.7. The lowest BCUT2D eigenvalue weighted by Crippen LogP contribution is -2.62. The molecule has 1 saturated heterocycles. The summed E-state index contributed by atoms with van der Waals surface area (Å²) in [7, 11) is 0. The van der Waals surface area contributed by atoms with Crippen LogP contribution >= 0.6 is 0 Å². The van der Waals surface area contributed by atoms with Crippen LogP contribution in [0.25, 0.3) is 0 Å². The zero-order valence-electron chi connectivity index (χ0n) is 21.1. The van der Waals surface area contributed by atoms with Crippen LogP contribution in [-0.2, 0) is 4.74 Å². The Hall–Kier alpha value is -0.280. The third kappa shape index (κ3) is 8.49. The molecule has 0 aromatic heterocycles. The van der Waals surface area contributed by atoms with Gasteiger partial charge in [0.2, 0.25) is 0 Å². The van der Waals surface area contributed by atoms with E-state index in [1.165, 1.54) is 12.8 Å². The number of rotatable bonds is 13. The average molecular weight is 457 g/mol. The van der Waals surface area contributed by atoms with Crippen molar-refractivity contribution in [2.24, 2.45) is 29.2 Å². The number of hydrogen-bond donors (Lipinski definition) is 6. The summed E-state index contributed by atoms with van der Waals surface area (Å²) in [6.45, 7) is 10.5. The third-order valence-electron chi connectivity index (χ3n) is 8.47. The van der Waals surface area contributed by atoms with Gasteiger partial charge in [0.15, 0.2) is 6.29 Å². The fourth-order valence-electron chi connectivity index (χ4n) is 5.58. The van der Waals surface area contributed by atoms with Crippen LogP contribution in [-0.4, -0.2) is 59.5 Å². The summed E-state index contributed by atoms with van der Waals surface area (Å²) >= 11 is 0. The van der Waals surface area contributed by atoms with E-state index in [4.69, 9.17) is 16.2 Å². The van der Waals surface area contributed by atoms with Crippen molar-refractivity contribution in [2.45, 2.75) is 128 Å². The van der Waals surface area contributed by atoms with Gasteiger partial charge in [-0.25, -0.2) is 0 Å². The molecule has 7 nitrogen and oxygen atoms in total. The minimum Gasteiger partial charge on any atom is -0.379 e. The van der Waals surface area contributed by atoms with Crippen LogP contribution in [0, 0.1) is 17.8 Å². The van der Waals surface area contributed by atoms with Crippen LogP contribution in [0.4, 0.5) is 0 Å². The van der Waals surface area contributed by atoms with E-state index in [1.807, 2.05) is 0 Å². The van der Waals surface area contributed by atoms with E-state index in [0.29, 0.717) is 31.4 Å². The first-order valence-electron chi connectivity index (χ1n) is 13.2. The number of piperidine rings is 1. The average Bonchev–Trinajstić information content (AvgIpc) is 2.78. The SMILES string of the molecule is CCC(C)C1CCNC(C(C)(CC)NC(O)CCC(O)OCCC2CCC(N)CC2N)C1. The number of ether oxygens (including phenoxy) is 1. The zero-order chi connectivity index (χ0) is 23.7. The molecule has 32 heavy (non-hydrogen) atoms. The quantitative estimate of drug-likeness (QED) is 0.235. The molecule has 8 N–H and O–H groups in total. The minimum absolute atomic E-state index is 0.130. The summed E-state index contributed by atoms with van der Waals surface area (Å²) in [5, 5.41) is 28.1. The Morgan fingerprint density at radius 3 is 2.53 bits per heavy atom. The molecular formula is C25H52N4O3. The lowest BCUT2D eigenvalue weighted by atomic mass is 9.75. The second-order valence-corrected chi connectivity index (χ2v) is 10.8. The minimum atomic E-state index is -0.857. The van der Waals surface area contributed by atoms with Gasteiger partial charge in [-0.05, 0) is 82.6 Å².